The molecule has 0 rings (SSSR count). The predicted octanol–water partition coefficient (Wildman–Crippen LogP) is 17.5. The van der Waals surface area contributed by atoms with Crippen LogP contribution in [0.15, 0.2) is 72.9 Å². The van der Waals surface area contributed by atoms with Crippen molar-refractivity contribution in [2.45, 2.75) is 258 Å². The Morgan fingerprint density at radius 1 is 0.451 bits per heavy atom. The van der Waals surface area contributed by atoms with E-state index >= 15 is 0 Å². The molecule has 0 saturated carbocycles. The summed E-state index contributed by atoms with van der Waals surface area (Å²) in [4.78, 5) is 37.9. The van der Waals surface area contributed by atoms with Crippen LogP contribution in [0.2, 0.25) is 0 Å². The summed E-state index contributed by atoms with van der Waals surface area (Å²) in [5.41, 5.74) is 0. The van der Waals surface area contributed by atoms with Crippen molar-refractivity contribution >= 4 is 19.8 Å². The van der Waals surface area contributed by atoms with Gasteiger partial charge in [0.2, 0.25) is 0 Å². The van der Waals surface area contributed by atoms with Crippen LogP contribution in [-0.4, -0.2) is 70.0 Å². The average Bonchev–Trinajstić information content (AvgIpc) is 3.33. The van der Waals surface area contributed by atoms with Crippen molar-refractivity contribution in [1.29, 1.82) is 0 Å². The van der Waals surface area contributed by atoms with E-state index < -0.39 is 26.5 Å². The maximum absolute atomic E-state index is 12.8. The number of phosphoric acid groups is 1. The van der Waals surface area contributed by atoms with E-state index in [0.717, 1.165) is 83.5 Å². The van der Waals surface area contributed by atoms with Gasteiger partial charge in [-0.3, -0.25) is 14.2 Å². The number of unbranched alkanes of at least 4 members (excludes halogenated alkanes) is 27. The maximum atomic E-state index is 12.8. The molecule has 412 valence electrons. The van der Waals surface area contributed by atoms with Gasteiger partial charge in [-0.15, -0.1) is 0 Å². The maximum Gasteiger partial charge on any atom is 0.306 e. The molecule has 0 aromatic heterocycles. The molecule has 0 aromatic carbocycles. The first-order valence-corrected chi connectivity index (χ1v) is 30.6. The molecule has 71 heavy (non-hydrogen) atoms. The summed E-state index contributed by atoms with van der Waals surface area (Å²) in [6.07, 6.45) is 68.1. The second-order valence-electron chi connectivity index (χ2n) is 20.6. The van der Waals surface area contributed by atoms with Crippen molar-refractivity contribution in [2.24, 2.45) is 0 Å². The van der Waals surface area contributed by atoms with Crippen molar-refractivity contribution in [3.05, 3.63) is 72.9 Å². The van der Waals surface area contributed by atoms with Crippen LogP contribution in [0.25, 0.3) is 0 Å². The standard InChI is InChI=1S/C61H110NO8P/c1-6-8-10-12-14-16-18-20-22-24-26-28-30-32-33-35-37-39-41-43-45-47-49-51-53-60(63)67-57-59(58-69-71(65,66)68-56-55-62(3,4)5)70-61(64)54-52-50-48-46-44-42-40-38-36-34-31-29-27-25-23-21-19-17-15-13-11-9-7-2/h9,11,15,17,21,23,27,29,34,36,40,42,59H,6-8,10,12-14,16,18-20,22,24-26,28,30-33,35,37-39,41,43-58H2,1-5H3/b11-9-,17-15-,23-21-,29-27-,36-34-,42-40-. The number of carbonyl (C=O) groups is 2. The number of nitrogens with zero attached hydrogens (tertiary/aromatic N) is 1. The number of esters is 2. The molecule has 2 atom stereocenters. The van der Waals surface area contributed by atoms with E-state index in [2.05, 4.69) is 86.8 Å². The van der Waals surface area contributed by atoms with Crippen molar-refractivity contribution < 1.29 is 42.1 Å². The molecule has 0 fully saturated rings. The lowest BCUT2D eigenvalue weighted by Crippen LogP contribution is -2.37. The summed E-state index contributed by atoms with van der Waals surface area (Å²) in [7, 11) is 1.15. The minimum Gasteiger partial charge on any atom is -0.756 e. The van der Waals surface area contributed by atoms with Crippen LogP contribution in [0.3, 0.4) is 0 Å². The lowest BCUT2D eigenvalue weighted by atomic mass is 10.0. The van der Waals surface area contributed by atoms with Gasteiger partial charge < -0.3 is 27.9 Å². The normalized spacial score (nSPS) is 13.8. The van der Waals surface area contributed by atoms with Crippen LogP contribution in [-0.2, 0) is 32.7 Å². The molecule has 0 bridgehead atoms. The van der Waals surface area contributed by atoms with Crippen LogP contribution >= 0.6 is 7.82 Å². The topological polar surface area (TPSA) is 111 Å². The van der Waals surface area contributed by atoms with Crippen LogP contribution in [0.1, 0.15) is 251 Å². The third-order valence-electron chi connectivity index (χ3n) is 12.5. The number of phosphoric ester groups is 1. The molecule has 9 nitrogen and oxygen atoms in total. The Morgan fingerprint density at radius 2 is 0.803 bits per heavy atom. The molecule has 0 amide bonds. The SMILES string of the molecule is CC/C=C\C/C=C\C/C=C\C/C=C\C/C=C\C/C=C\CCCCCCC(=O)OC(COC(=O)CCCCCCCCCCCCCCCCCCCCCCCCCC)COP(=O)([O-])OCC[N+](C)(C)C. The number of carbonyl (C=O) groups excluding carboxylic acids is 2. The minimum absolute atomic E-state index is 0.0383. The Kier molecular flexibility index (Phi) is 50.4. The first-order chi connectivity index (χ1) is 34.5. The van der Waals surface area contributed by atoms with Crippen LogP contribution in [0.5, 0.6) is 0 Å². The number of ether oxygens (including phenoxy) is 2. The fourth-order valence-corrected chi connectivity index (χ4v) is 8.74. The summed E-state index contributed by atoms with van der Waals surface area (Å²) in [6, 6.07) is 0. The van der Waals surface area contributed by atoms with Crippen LogP contribution < -0.4 is 4.89 Å². The van der Waals surface area contributed by atoms with Gasteiger partial charge in [0, 0.05) is 12.8 Å². The number of rotatable bonds is 53. The van der Waals surface area contributed by atoms with E-state index in [-0.39, 0.29) is 32.0 Å². The Labute approximate surface area is 438 Å². The van der Waals surface area contributed by atoms with Crippen molar-refractivity contribution in [3.63, 3.8) is 0 Å². The average molecular weight is 1020 g/mol. The van der Waals surface area contributed by atoms with E-state index in [1.807, 2.05) is 21.1 Å². The van der Waals surface area contributed by atoms with Gasteiger partial charge in [0.05, 0.1) is 27.7 Å². The van der Waals surface area contributed by atoms with Gasteiger partial charge >= 0.3 is 11.9 Å². The predicted molar refractivity (Wildman–Crippen MR) is 300 cm³/mol. The first-order valence-electron chi connectivity index (χ1n) is 29.1. The zero-order valence-electron chi connectivity index (χ0n) is 46.7. The molecule has 2 unspecified atom stereocenters. The zero-order chi connectivity index (χ0) is 52.0. The summed E-state index contributed by atoms with van der Waals surface area (Å²) >= 11 is 0. The molecular weight excluding hydrogens is 906 g/mol. The number of quaternary nitrogens is 1. The second-order valence-corrected chi connectivity index (χ2v) is 22.0. The molecule has 0 aliphatic carbocycles. The van der Waals surface area contributed by atoms with Gasteiger partial charge in [0.1, 0.15) is 19.8 Å². The highest BCUT2D eigenvalue weighted by Crippen LogP contribution is 2.38. The van der Waals surface area contributed by atoms with E-state index in [1.165, 1.54) is 135 Å². The number of hydrogen-bond donors (Lipinski definition) is 0. The molecule has 0 spiro atoms. The Bertz CT molecular complexity index is 1430. The molecule has 0 saturated heterocycles. The molecular formula is C61H110NO8P. The molecule has 0 aliphatic heterocycles. The van der Waals surface area contributed by atoms with Crippen molar-refractivity contribution in [3.8, 4) is 0 Å². The molecule has 0 aliphatic rings. The summed E-state index contributed by atoms with van der Waals surface area (Å²) in [5.74, 6) is -0.857. The van der Waals surface area contributed by atoms with Gasteiger partial charge in [-0.1, -0.05) is 247 Å². The van der Waals surface area contributed by atoms with Gasteiger partial charge in [0.25, 0.3) is 7.82 Å². The highest BCUT2D eigenvalue weighted by atomic mass is 31.2. The van der Waals surface area contributed by atoms with Crippen molar-refractivity contribution in [2.75, 3.05) is 47.5 Å². The van der Waals surface area contributed by atoms with E-state index in [4.69, 9.17) is 18.5 Å². The molecule has 0 radical (unpaired) electrons. The van der Waals surface area contributed by atoms with Crippen LogP contribution in [0, 0.1) is 0 Å². The zero-order valence-corrected chi connectivity index (χ0v) is 47.6. The summed E-state index contributed by atoms with van der Waals surface area (Å²) in [5, 5.41) is 0. The minimum atomic E-state index is -4.65. The van der Waals surface area contributed by atoms with E-state index in [9.17, 15) is 19.0 Å². The monoisotopic (exact) mass is 1020 g/mol. The summed E-state index contributed by atoms with van der Waals surface area (Å²) in [6.45, 7) is 4.12. The fraction of sp³-hybridized carbons (Fsp3) is 0.770. The largest absolute Gasteiger partial charge is 0.756 e. The second kappa shape index (κ2) is 52.3. The first kappa shape index (κ1) is 68.5. The van der Waals surface area contributed by atoms with Crippen molar-refractivity contribution in [1.82, 2.24) is 0 Å². The molecule has 0 heterocycles. The van der Waals surface area contributed by atoms with Gasteiger partial charge in [-0.2, -0.15) is 0 Å². The highest BCUT2D eigenvalue weighted by Gasteiger charge is 2.21. The third kappa shape index (κ3) is 56.6. The molecule has 0 aromatic rings. The smallest absolute Gasteiger partial charge is 0.306 e. The Morgan fingerprint density at radius 3 is 1.20 bits per heavy atom. The van der Waals surface area contributed by atoms with Gasteiger partial charge in [-0.25, -0.2) is 0 Å². The number of hydrogen-bond acceptors (Lipinski definition) is 8. The third-order valence-corrected chi connectivity index (χ3v) is 13.5. The lowest BCUT2D eigenvalue weighted by Gasteiger charge is -2.28. The Hall–Kier alpha value is -2.55. The van der Waals surface area contributed by atoms with E-state index in [1.54, 1.807) is 0 Å². The number of allylic oxidation sites excluding steroid dienone is 12. The number of likely N-dealkylation sites (N-methyl/N-ethyl adjacent to an activating group) is 1. The van der Waals surface area contributed by atoms with Gasteiger partial charge in [0.15, 0.2) is 6.10 Å². The highest BCUT2D eigenvalue weighted by molar-refractivity contribution is 7.45. The lowest BCUT2D eigenvalue weighted by molar-refractivity contribution is -0.870. The Balaban J connectivity index is 4.21. The van der Waals surface area contributed by atoms with Crippen LogP contribution in [0.4, 0.5) is 0 Å². The van der Waals surface area contributed by atoms with Gasteiger partial charge in [-0.05, 0) is 64.2 Å². The fourth-order valence-electron chi connectivity index (χ4n) is 8.01. The molecule has 0 N–H and O–H groups in total. The summed E-state index contributed by atoms with van der Waals surface area (Å²) < 4.78 is 34.1. The molecule has 10 heteroatoms. The quantitative estimate of drug-likeness (QED) is 0.0195. The van der Waals surface area contributed by atoms with E-state index in [0.29, 0.717) is 17.4 Å².